The van der Waals surface area contributed by atoms with Crippen molar-refractivity contribution in [2.75, 3.05) is 13.7 Å². The summed E-state index contributed by atoms with van der Waals surface area (Å²) >= 11 is 0. The largest absolute Gasteiger partial charge is 0.376 e. The maximum absolute atomic E-state index is 8.76. The Morgan fingerprint density at radius 1 is 1.30 bits per heavy atom. The van der Waals surface area contributed by atoms with Gasteiger partial charge in [0.1, 0.15) is 12.2 Å². The van der Waals surface area contributed by atoms with Crippen LogP contribution < -0.4 is 0 Å². The number of benzene rings is 1. The molecule has 0 aromatic heterocycles. The lowest BCUT2D eigenvalue weighted by atomic mass is 10.0. The van der Waals surface area contributed by atoms with Crippen molar-refractivity contribution in [2.45, 2.75) is 37.6 Å². The first-order valence-corrected chi connectivity index (χ1v) is 6.70. The Balaban J connectivity index is 1.58. The number of nitriles is 1. The molecule has 5 nitrogen and oxygen atoms in total. The average molecular weight is 275 g/mol. The fraction of sp³-hybridized carbons (Fsp3) is 0.533. The van der Waals surface area contributed by atoms with Gasteiger partial charge in [-0.25, -0.2) is 0 Å². The van der Waals surface area contributed by atoms with Crippen molar-refractivity contribution >= 4 is 0 Å². The van der Waals surface area contributed by atoms with Gasteiger partial charge in [0.15, 0.2) is 6.29 Å². The van der Waals surface area contributed by atoms with Gasteiger partial charge in [-0.3, -0.25) is 0 Å². The molecular weight excluding hydrogens is 258 g/mol. The van der Waals surface area contributed by atoms with Crippen molar-refractivity contribution in [2.24, 2.45) is 0 Å². The Hall–Kier alpha value is -1.45. The predicted molar refractivity (Wildman–Crippen MR) is 69.8 cm³/mol. The molecule has 1 aromatic carbocycles. The molecule has 0 N–H and O–H groups in total. The molecule has 0 aliphatic carbocycles. The van der Waals surface area contributed by atoms with Crippen molar-refractivity contribution in [1.82, 2.24) is 0 Å². The quantitative estimate of drug-likeness (QED) is 0.835. The number of hydrogen-bond donors (Lipinski definition) is 0. The van der Waals surface area contributed by atoms with Gasteiger partial charge in [0.05, 0.1) is 31.0 Å². The number of rotatable bonds is 4. The van der Waals surface area contributed by atoms with Crippen LogP contribution in [-0.4, -0.2) is 38.3 Å². The Labute approximate surface area is 118 Å². The summed E-state index contributed by atoms with van der Waals surface area (Å²) in [6.07, 6.45) is 0.431. The van der Waals surface area contributed by atoms with E-state index in [0.717, 1.165) is 12.0 Å². The Morgan fingerprint density at radius 3 is 2.80 bits per heavy atom. The molecule has 106 valence electrons. The molecule has 2 aliphatic heterocycles. The molecule has 0 radical (unpaired) electrons. The monoisotopic (exact) mass is 275 g/mol. The molecular formula is C15H17NO4. The van der Waals surface area contributed by atoms with Crippen LogP contribution in [0.2, 0.25) is 0 Å². The lowest BCUT2D eigenvalue weighted by Gasteiger charge is -2.32. The highest BCUT2D eigenvalue weighted by atomic mass is 16.7. The maximum atomic E-state index is 8.76. The van der Waals surface area contributed by atoms with Gasteiger partial charge in [-0.15, -0.1) is 0 Å². The van der Waals surface area contributed by atoms with Crippen LogP contribution in [0.15, 0.2) is 24.3 Å². The minimum Gasteiger partial charge on any atom is -0.376 e. The maximum Gasteiger partial charge on any atom is 0.184 e. The summed E-state index contributed by atoms with van der Waals surface area (Å²) < 4.78 is 22.6. The summed E-state index contributed by atoms with van der Waals surface area (Å²) in [7, 11) is 1.66. The lowest BCUT2D eigenvalue weighted by molar-refractivity contribution is -0.200. The van der Waals surface area contributed by atoms with Crippen molar-refractivity contribution in [3.63, 3.8) is 0 Å². The number of methoxy groups -OCH3 is 1. The summed E-state index contributed by atoms with van der Waals surface area (Å²) in [5.74, 6) is 0. The van der Waals surface area contributed by atoms with Gasteiger partial charge in [0, 0.05) is 13.5 Å². The van der Waals surface area contributed by atoms with Crippen LogP contribution in [0.5, 0.6) is 0 Å². The zero-order valence-corrected chi connectivity index (χ0v) is 11.3. The van der Waals surface area contributed by atoms with Crippen molar-refractivity contribution < 1.29 is 18.9 Å². The van der Waals surface area contributed by atoms with Gasteiger partial charge in [-0.05, 0) is 17.7 Å². The van der Waals surface area contributed by atoms with Crippen LogP contribution in [0.25, 0.3) is 0 Å². The molecule has 3 rings (SSSR count). The first-order valence-electron chi connectivity index (χ1n) is 6.70. The summed E-state index contributed by atoms with van der Waals surface area (Å²) in [6.45, 7) is 1.06. The molecule has 2 fully saturated rings. The fourth-order valence-electron chi connectivity index (χ4n) is 2.58. The van der Waals surface area contributed by atoms with Crippen LogP contribution in [0.3, 0.4) is 0 Å². The SMILES string of the molecule is CO[C@@H]1C[C@H](OCc2ccc(C#N)cc2)[C@H]2CO[C@@H]1O2. The number of hydrogen-bond acceptors (Lipinski definition) is 5. The van der Waals surface area contributed by atoms with E-state index in [-0.39, 0.29) is 24.6 Å². The number of nitrogens with zero attached hydrogens (tertiary/aromatic N) is 1. The average Bonchev–Trinajstić information content (AvgIpc) is 2.92. The van der Waals surface area contributed by atoms with Gasteiger partial charge < -0.3 is 18.9 Å². The van der Waals surface area contributed by atoms with Crippen LogP contribution in [0.1, 0.15) is 17.5 Å². The zero-order chi connectivity index (χ0) is 13.9. The number of fused-ring (bicyclic) bond motifs is 2. The Kier molecular flexibility index (Phi) is 3.99. The van der Waals surface area contributed by atoms with Gasteiger partial charge in [-0.2, -0.15) is 5.26 Å². The molecule has 0 spiro atoms. The minimum atomic E-state index is -0.250. The van der Waals surface area contributed by atoms with E-state index in [0.29, 0.717) is 18.8 Å². The van der Waals surface area contributed by atoms with Gasteiger partial charge in [0.2, 0.25) is 0 Å². The van der Waals surface area contributed by atoms with Crippen molar-refractivity contribution in [3.05, 3.63) is 35.4 Å². The van der Waals surface area contributed by atoms with E-state index >= 15 is 0 Å². The summed E-state index contributed by atoms with van der Waals surface area (Å²) in [6, 6.07) is 9.50. The van der Waals surface area contributed by atoms with Crippen LogP contribution in [0, 0.1) is 11.3 Å². The highest BCUT2D eigenvalue weighted by molar-refractivity contribution is 5.31. The molecule has 20 heavy (non-hydrogen) atoms. The Bertz CT molecular complexity index is 496. The molecule has 4 atom stereocenters. The third-order valence-corrected chi connectivity index (χ3v) is 3.77. The Morgan fingerprint density at radius 2 is 2.10 bits per heavy atom. The zero-order valence-electron chi connectivity index (χ0n) is 11.3. The van der Waals surface area contributed by atoms with Crippen molar-refractivity contribution in [1.29, 1.82) is 5.26 Å². The molecule has 2 aliphatic rings. The third-order valence-electron chi connectivity index (χ3n) is 3.77. The molecule has 2 saturated heterocycles. The smallest absolute Gasteiger partial charge is 0.184 e. The van der Waals surface area contributed by atoms with Gasteiger partial charge >= 0.3 is 0 Å². The van der Waals surface area contributed by atoms with E-state index in [2.05, 4.69) is 6.07 Å². The predicted octanol–water partition coefficient (Wildman–Crippen LogP) is 1.60. The van der Waals surface area contributed by atoms with Crippen molar-refractivity contribution in [3.8, 4) is 6.07 Å². The number of ether oxygens (including phenoxy) is 4. The highest BCUT2D eigenvalue weighted by Crippen LogP contribution is 2.31. The van der Waals surface area contributed by atoms with Crippen LogP contribution in [-0.2, 0) is 25.6 Å². The molecule has 5 heteroatoms. The molecule has 0 amide bonds. The highest BCUT2D eigenvalue weighted by Gasteiger charge is 2.44. The first kappa shape index (κ1) is 13.5. The second-order valence-electron chi connectivity index (χ2n) is 5.04. The van der Waals surface area contributed by atoms with E-state index in [1.54, 1.807) is 19.2 Å². The van der Waals surface area contributed by atoms with E-state index in [1.165, 1.54) is 0 Å². The van der Waals surface area contributed by atoms with Crippen LogP contribution in [0.4, 0.5) is 0 Å². The fourth-order valence-corrected chi connectivity index (χ4v) is 2.58. The lowest BCUT2D eigenvalue weighted by Crippen LogP contribution is -2.44. The molecule has 0 unspecified atom stereocenters. The minimum absolute atomic E-state index is 0.00946. The van der Waals surface area contributed by atoms with E-state index in [1.807, 2.05) is 12.1 Å². The summed E-state index contributed by atoms with van der Waals surface area (Å²) in [4.78, 5) is 0. The van der Waals surface area contributed by atoms with Crippen LogP contribution >= 0.6 is 0 Å². The summed E-state index contributed by atoms with van der Waals surface area (Å²) in [5, 5.41) is 8.76. The normalized spacial score (nSPS) is 32.0. The first-order chi connectivity index (χ1) is 9.80. The third kappa shape index (κ3) is 2.69. The summed E-state index contributed by atoms with van der Waals surface area (Å²) in [5.41, 5.74) is 1.69. The molecule has 2 bridgehead atoms. The standard InChI is InChI=1S/C15H17NO4/c1-17-13-6-12(14-9-19-15(13)20-14)18-8-11-4-2-10(7-16)3-5-11/h2-5,12-15H,6,8-9H2,1H3/t12-,13+,14+,15+/m0/s1. The topological polar surface area (TPSA) is 60.7 Å². The van der Waals surface area contributed by atoms with Gasteiger partial charge in [0.25, 0.3) is 0 Å². The van der Waals surface area contributed by atoms with E-state index in [9.17, 15) is 0 Å². The molecule has 0 saturated carbocycles. The molecule has 1 aromatic rings. The molecule has 2 heterocycles. The van der Waals surface area contributed by atoms with Gasteiger partial charge in [-0.1, -0.05) is 12.1 Å². The van der Waals surface area contributed by atoms with E-state index < -0.39 is 0 Å². The second kappa shape index (κ2) is 5.90. The second-order valence-corrected chi connectivity index (χ2v) is 5.04. The van der Waals surface area contributed by atoms with E-state index in [4.69, 9.17) is 24.2 Å².